The minimum absolute atomic E-state index is 0.0195. The number of halogens is 1. The first-order chi connectivity index (χ1) is 20.9. The van der Waals surface area contributed by atoms with Crippen LogP contribution in [0.4, 0.5) is 11.6 Å². The number of carbonyl (C=O) groups is 1. The topological polar surface area (TPSA) is 110 Å². The van der Waals surface area contributed by atoms with Gasteiger partial charge in [0, 0.05) is 53.7 Å². The second-order valence-corrected chi connectivity index (χ2v) is 19.2. The number of pyridine rings is 1. The molecule has 4 aromatic rings. The first kappa shape index (κ1) is 29.3. The number of imidazole rings is 1. The van der Waals surface area contributed by atoms with Crippen LogP contribution < -0.4 is 10.2 Å². The van der Waals surface area contributed by atoms with Crippen molar-refractivity contribution in [3.63, 3.8) is 0 Å². The van der Waals surface area contributed by atoms with Crippen molar-refractivity contribution in [1.82, 2.24) is 29.5 Å². The molecule has 1 aliphatic heterocycles. The molecule has 1 saturated heterocycles. The van der Waals surface area contributed by atoms with Gasteiger partial charge in [-0.3, -0.25) is 9.78 Å². The highest BCUT2D eigenvalue weighted by Crippen LogP contribution is 2.48. The summed E-state index contributed by atoms with van der Waals surface area (Å²) in [7, 11) is -2.02. The van der Waals surface area contributed by atoms with E-state index in [0.717, 1.165) is 41.4 Å². The van der Waals surface area contributed by atoms with Gasteiger partial charge in [0.05, 0.1) is 29.7 Å². The lowest BCUT2D eigenvalue weighted by Crippen LogP contribution is -2.44. The van der Waals surface area contributed by atoms with E-state index in [-0.39, 0.29) is 34.9 Å². The van der Waals surface area contributed by atoms with Crippen molar-refractivity contribution in [1.29, 1.82) is 0 Å². The van der Waals surface area contributed by atoms with Gasteiger partial charge in [0.1, 0.15) is 18.0 Å². The van der Waals surface area contributed by atoms with Crippen LogP contribution in [0.25, 0.3) is 5.65 Å². The second-order valence-electron chi connectivity index (χ2n) is 14.0. The molecule has 12 heteroatoms. The predicted molar refractivity (Wildman–Crippen MR) is 172 cm³/mol. The summed E-state index contributed by atoms with van der Waals surface area (Å²) >= 11 is 6.14. The van der Waals surface area contributed by atoms with E-state index in [1.807, 2.05) is 16.6 Å². The third kappa shape index (κ3) is 5.84. The minimum Gasteiger partial charge on any atom is -0.412 e. The zero-order chi connectivity index (χ0) is 30.8. The highest BCUT2D eigenvalue weighted by Gasteiger charge is 2.46. The van der Waals surface area contributed by atoms with Crippen LogP contribution in [0.1, 0.15) is 81.4 Å². The normalized spacial score (nSPS) is 23.7. The highest BCUT2D eigenvalue weighted by atomic mass is 35.5. The Morgan fingerprint density at radius 3 is 2.61 bits per heavy atom. The van der Waals surface area contributed by atoms with E-state index < -0.39 is 8.32 Å². The van der Waals surface area contributed by atoms with E-state index in [0.29, 0.717) is 23.3 Å². The van der Waals surface area contributed by atoms with Gasteiger partial charge < -0.3 is 14.6 Å². The van der Waals surface area contributed by atoms with Crippen LogP contribution in [-0.4, -0.2) is 56.4 Å². The Balaban J connectivity index is 1.14. The number of amides is 1. The van der Waals surface area contributed by atoms with Crippen molar-refractivity contribution < 1.29 is 9.22 Å². The summed E-state index contributed by atoms with van der Waals surface area (Å²) in [6.45, 7) is 12.0. The van der Waals surface area contributed by atoms with Gasteiger partial charge in [-0.05, 0) is 61.7 Å². The summed E-state index contributed by atoms with van der Waals surface area (Å²) in [6.07, 6.45) is 9.20. The molecule has 0 aromatic carbocycles. The van der Waals surface area contributed by atoms with E-state index >= 15 is 0 Å². The fourth-order valence-electron chi connectivity index (χ4n) is 5.91. The molecule has 1 N–H and O–H groups in total. The average molecular weight is 631 g/mol. The monoisotopic (exact) mass is 630 g/mol. The molecule has 3 aliphatic rings. The van der Waals surface area contributed by atoms with Crippen molar-refractivity contribution in [3.8, 4) is 0 Å². The van der Waals surface area contributed by atoms with E-state index in [2.05, 4.69) is 77.4 Å². The Kier molecular flexibility index (Phi) is 7.25. The maximum Gasteiger partial charge on any atom is 0.229 e. The molecule has 7 rings (SSSR count). The molecule has 230 valence electrons. The molecule has 2 aliphatic carbocycles. The van der Waals surface area contributed by atoms with Crippen LogP contribution in [0.2, 0.25) is 23.2 Å². The lowest BCUT2D eigenvalue weighted by Gasteiger charge is -2.38. The Bertz CT molecular complexity index is 1720. The van der Waals surface area contributed by atoms with Gasteiger partial charge >= 0.3 is 0 Å². The van der Waals surface area contributed by atoms with Gasteiger partial charge in [-0.15, -0.1) is 0 Å². The number of hydrogen-bond acceptors (Lipinski definition) is 8. The molecule has 0 radical (unpaired) electrons. The van der Waals surface area contributed by atoms with E-state index in [9.17, 15) is 4.79 Å². The molecule has 0 bridgehead atoms. The molecule has 3 fully saturated rings. The molecule has 0 spiro atoms. The Morgan fingerprint density at radius 1 is 1.05 bits per heavy atom. The maximum absolute atomic E-state index is 13.2. The number of fused-ring (bicyclic) bond motifs is 1. The highest BCUT2D eigenvalue weighted by molar-refractivity contribution is 6.74. The summed E-state index contributed by atoms with van der Waals surface area (Å²) in [4.78, 5) is 33.9. The maximum atomic E-state index is 13.2. The lowest BCUT2D eigenvalue weighted by molar-refractivity contribution is -0.117. The van der Waals surface area contributed by atoms with Gasteiger partial charge in [-0.1, -0.05) is 32.4 Å². The van der Waals surface area contributed by atoms with Crippen LogP contribution >= 0.6 is 11.6 Å². The summed E-state index contributed by atoms with van der Waals surface area (Å²) < 4.78 is 8.83. The molecule has 4 atom stereocenters. The van der Waals surface area contributed by atoms with Crippen LogP contribution in [0.3, 0.4) is 0 Å². The van der Waals surface area contributed by atoms with E-state index in [1.54, 1.807) is 12.3 Å². The van der Waals surface area contributed by atoms with Crippen LogP contribution in [0.5, 0.6) is 0 Å². The molecular formula is C32H39ClN8O2Si. The number of nitrogens with one attached hydrogen (secondary N) is 1. The summed E-state index contributed by atoms with van der Waals surface area (Å²) in [5, 5.41) is 8.60. The molecule has 4 aromatic heterocycles. The van der Waals surface area contributed by atoms with Gasteiger partial charge in [0.15, 0.2) is 14.0 Å². The van der Waals surface area contributed by atoms with Crippen LogP contribution in [0, 0.1) is 5.92 Å². The zero-order valence-corrected chi connectivity index (χ0v) is 27.6. The average Bonchev–Trinajstić information content (AvgIpc) is 3.89. The SMILES string of the molecule is CC(C)(C)[Si](C)(C)O[C@H]1C[C@H](c2cn3nc(C4CC4)ccc3n2)N(c2cc(NC(=O)C3CC3c3cc(Cl)ccn3)ncn2)C1. The fourth-order valence-corrected chi connectivity index (χ4v) is 7.44. The summed E-state index contributed by atoms with van der Waals surface area (Å²) in [5.41, 5.74) is 3.75. The predicted octanol–water partition coefficient (Wildman–Crippen LogP) is 6.53. The van der Waals surface area contributed by atoms with Crippen molar-refractivity contribution in [2.45, 2.75) is 88.6 Å². The van der Waals surface area contributed by atoms with Crippen molar-refractivity contribution in [3.05, 3.63) is 71.2 Å². The first-order valence-corrected chi connectivity index (χ1v) is 18.8. The Morgan fingerprint density at radius 2 is 1.86 bits per heavy atom. The lowest BCUT2D eigenvalue weighted by atomic mass is 10.1. The van der Waals surface area contributed by atoms with Crippen molar-refractivity contribution in [2.75, 3.05) is 16.8 Å². The zero-order valence-electron chi connectivity index (χ0n) is 25.9. The van der Waals surface area contributed by atoms with Gasteiger partial charge in [-0.25, -0.2) is 19.5 Å². The fraction of sp³-hybridized carbons (Fsp3) is 0.500. The molecule has 2 saturated carbocycles. The summed E-state index contributed by atoms with van der Waals surface area (Å²) in [6, 6.07) is 9.54. The number of anilines is 2. The molecule has 2 unspecified atom stereocenters. The Hall–Kier alpha value is -3.41. The van der Waals surface area contributed by atoms with Gasteiger partial charge in [0.2, 0.25) is 5.91 Å². The number of rotatable bonds is 8. The largest absolute Gasteiger partial charge is 0.412 e. The third-order valence-corrected chi connectivity index (χ3v) is 14.4. The number of nitrogens with zero attached hydrogens (tertiary/aromatic N) is 7. The molecule has 10 nitrogen and oxygen atoms in total. The molecule has 1 amide bonds. The molecule has 44 heavy (non-hydrogen) atoms. The van der Waals surface area contributed by atoms with Crippen molar-refractivity contribution in [2.24, 2.45) is 5.92 Å². The Labute approximate surface area is 263 Å². The molecule has 5 heterocycles. The quantitative estimate of drug-likeness (QED) is 0.219. The van der Waals surface area contributed by atoms with E-state index in [1.165, 1.54) is 19.2 Å². The molecular weight excluding hydrogens is 592 g/mol. The van der Waals surface area contributed by atoms with Gasteiger partial charge in [0.25, 0.3) is 0 Å². The first-order valence-electron chi connectivity index (χ1n) is 15.5. The number of hydrogen-bond donors (Lipinski definition) is 1. The number of aromatic nitrogens is 6. The number of carbonyl (C=O) groups excluding carboxylic acids is 1. The second kappa shape index (κ2) is 10.9. The van der Waals surface area contributed by atoms with E-state index in [4.69, 9.17) is 26.1 Å². The van der Waals surface area contributed by atoms with Crippen LogP contribution in [-0.2, 0) is 9.22 Å². The van der Waals surface area contributed by atoms with Gasteiger partial charge in [-0.2, -0.15) is 5.10 Å². The summed E-state index contributed by atoms with van der Waals surface area (Å²) in [5.74, 6) is 1.61. The minimum atomic E-state index is -2.02. The smallest absolute Gasteiger partial charge is 0.229 e. The standard InChI is InChI=1S/C32H39ClN8O2Si/c1-32(2,3)44(4,5)43-21-13-27(26-17-41-29(37-26)9-8-24(39-41)19-6-7-19)40(16-21)30-15-28(35-18-36-30)38-31(42)23-14-22(23)25-12-20(33)10-11-34-25/h8-12,15,17-19,21-23,27H,6-7,13-14,16H2,1-5H3,(H,35,36,38,42)/t21-,22?,23?,27+/m0/s1. The van der Waals surface area contributed by atoms with Crippen LogP contribution in [0.15, 0.2) is 49.1 Å². The van der Waals surface area contributed by atoms with Crippen molar-refractivity contribution >= 4 is 43.1 Å². The third-order valence-electron chi connectivity index (χ3n) is 9.67.